The van der Waals surface area contributed by atoms with Crippen LogP contribution in [-0.2, 0) is 36.8 Å². The van der Waals surface area contributed by atoms with Gasteiger partial charge in [-0.15, -0.1) is 0 Å². The number of nitro benzene ring substituents is 1. The number of benzene rings is 3. The average molecular weight is 639 g/mol. The molecule has 0 saturated heterocycles. The van der Waals surface area contributed by atoms with Crippen molar-refractivity contribution in [1.82, 2.24) is 10.2 Å². The number of nitrogens with one attached hydrogen (secondary N) is 1. The first-order valence-electron chi connectivity index (χ1n) is 15.3. The van der Waals surface area contributed by atoms with Gasteiger partial charge in [-0.3, -0.25) is 19.8 Å². The van der Waals surface area contributed by atoms with Gasteiger partial charge in [0, 0.05) is 55.8 Å². The number of esters is 2. The Kier molecular flexibility index (Phi) is 9.86. The fourth-order valence-electron chi connectivity index (χ4n) is 6.32. The van der Waals surface area contributed by atoms with Crippen molar-refractivity contribution in [3.8, 4) is 0 Å². The third-order valence-electron chi connectivity index (χ3n) is 8.64. The summed E-state index contributed by atoms with van der Waals surface area (Å²) >= 11 is 0. The Morgan fingerprint density at radius 3 is 2.38 bits per heavy atom. The van der Waals surface area contributed by atoms with Crippen molar-refractivity contribution < 1.29 is 28.8 Å². The van der Waals surface area contributed by atoms with Gasteiger partial charge < -0.3 is 19.7 Å². The molecule has 1 amide bonds. The molecule has 0 spiro atoms. The second-order valence-corrected chi connectivity index (χ2v) is 11.9. The lowest BCUT2D eigenvalue weighted by Gasteiger charge is -2.32. The quantitative estimate of drug-likeness (QED) is 0.178. The molecular formula is C36H38N4O7. The van der Waals surface area contributed by atoms with Gasteiger partial charge >= 0.3 is 11.9 Å². The number of dihydropyridines is 1. The summed E-state index contributed by atoms with van der Waals surface area (Å²) in [5, 5.41) is 14.8. The first-order chi connectivity index (χ1) is 22.5. The number of nitrogens with zero attached hydrogens (tertiary/aromatic N) is 3. The molecule has 0 fully saturated rings. The van der Waals surface area contributed by atoms with E-state index in [2.05, 4.69) is 10.2 Å². The Labute approximate surface area is 273 Å². The van der Waals surface area contributed by atoms with Crippen molar-refractivity contribution >= 4 is 29.2 Å². The number of ether oxygens (including phenoxy) is 2. The number of anilines is 1. The lowest BCUT2D eigenvalue weighted by molar-refractivity contribution is -0.384. The molecule has 0 aliphatic carbocycles. The third-order valence-corrected chi connectivity index (χ3v) is 8.64. The molecule has 3 aromatic carbocycles. The number of rotatable bonds is 10. The van der Waals surface area contributed by atoms with E-state index in [1.165, 1.54) is 25.3 Å². The maximum absolute atomic E-state index is 14.4. The molecule has 0 bridgehead atoms. The molecular weight excluding hydrogens is 600 g/mol. The van der Waals surface area contributed by atoms with Crippen molar-refractivity contribution in [3.05, 3.63) is 128 Å². The summed E-state index contributed by atoms with van der Waals surface area (Å²) in [5.41, 5.74) is 5.08. The molecule has 11 heteroatoms. The van der Waals surface area contributed by atoms with Crippen molar-refractivity contribution in [1.29, 1.82) is 0 Å². The molecule has 244 valence electrons. The van der Waals surface area contributed by atoms with Crippen LogP contribution in [0.15, 0.2) is 95.3 Å². The highest BCUT2D eigenvalue weighted by Crippen LogP contribution is 2.41. The summed E-state index contributed by atoms with van der Waals surface area (Å²) in [5.74, 6) is -2.29. The molecule has 0 saturated carbocycles. The van der Waals surface area contributed by atoms with Gasteiger partial charge in [0.2, 0.25) is 5.91 Å². The summed E-state index contributed by atoms with van der Waals surface area (Å²) < 4.78 is 11.5. The number of fused-ring (bicyclic) bond motifs is 1. The number of amides is 1. The van der Waals surface area contributed by atoms with Gasteiger partial charge in [0.1, 0.15) is 6.10 Å². The number of carbonyl (C=O) groups is 3. The van der Waals surface area contributed by atoms with E-state index < -0.39 is 28.9 Å². The molecule has 1 N–H and O–H groups in total. The van der Waals surface area contributed by atoms with Crippen LogP contribution < -0.4 is 10.2 Å². The lowest BCUT2D eigenvalue weighted by atomic mass is 9.80. The van der Waals surface area contributed by atoms with Crippen molar-refractivity contribution in [2.75, 3.05) is 32.6 Å². The maximum atomic E-state index is 14.4. The summed E-state index contributed by atoms with van der Waals surface area (Å²) in [7, 11) is 4.94. The molecule has 2 atom stereocenters. The van der Waals surface area contributed by atoms with E-state index in [1.54, 1.807) is 31.9 Å². The van der Waals surface area contributed by atoms with E-state index in [0.717, 1.165) is 22.4 Å². The molecule has 2 aliphatic rings. The van der Waals surface area contributed by atoms with Gasteiger partial charge in [-0.1, -0.05) is 48.5 Å². The Balaban J connectivity index is 1.54. The normalized spacial score (nSPS) is 16.9. The van der Waals surface area contributed by atoms with Crippen LogP contribution >= 0.6 is 0 Å². The minimum atomic E-state index is -0.984. The van der Waals surface area contributed by atoms with E-state index in [4.69, 9.17) is 9.47 Å². The number of aryl methyl sites for hydroxylation is 1. The molecule has 2 heterocycles. The molecule has 11 nitrogen and oxygen atoms in total. The van der Waals surface area contributed by atoms with Gasteiger partial charge in [-0.05, 0) is 61.7 Å². The van der Waals surface area contributed by atoms with Crippen LogP contribution in [0.1, 0.15) is 54.5 Å². The minimum absolute atomic E-state index is 0.0416. The Bertz CT molecular complexity index is 1780. The number of hydrogen-bond donors (Lipinski definition) is 1. The van der Waals surface area contributed by atoms with Gasteiger partial charge in [-0.25, -0.2) is 9.59 Å². The molecule has 3 aromatic rings. The maximum Gasteiger partial charge on any atom is 0.337 e. The second kappa shape index (κ2) is 14.0. The summed E-state index contributed by atoms with van der Waals surface area (Å²) in [6, 6.07) is 21.5. The van der Waals surface area contributed by atoms with E-state index >= 15 is 0 Å². The molecule has 2 unspecified atom stereocenters. The summed E-state index contributed by atoms with van der Waals surface area (Å²) in [6.07, 6.45) is 0.224. The SMILES string of the molecule is COC(=O)C1=C(C)NC(C)=C(C(=O)OC(CN(C)Cc2ccccc2)c2ccc3c(c2)CCC(=O)N3C)C1c1cccc([N+](=O)[O-])c1. The highest BCUT2D eigenvalue weighted by molar-refractivity contribution is 6.00. The number of carbonyl (C=O) groups excluding carboxylic acids is 3. The molecule has 0 aromatic heterocycles. The van der Waals surface area contributed by atoms with Crippen molar-refractivity contribution in [2.24, 2.45) is 0 Å². The first-order valence-corrected chi connectivity index (χ1v) is 15.3. The largest absolute Gasteiger partial charge is 0.466 e. The van der Waals surface area contributed by atoms with Crippen LogP contribution in [0.4, 0.5) is 11.4 Å². The van der Waals surface area contributed by atoms with E-state index in [0.29, 0.717) is 42.9 Å². The van der Waals surface area contributed by atoms with Gasteiger partial charge in [0.05, 0.1) is 29.1 Å². The zero-order valence-corrected chi connectivity index (χ0v) is 27.1. The Hall–Kier alpha value is -5.29. The van der Waals surface area contributed by atoms with Crippen molar-refractivity contribution in [3.63, 3.8) is 0 Å². The van der Waals surface area contributed by atoms with Crippen LogP contribution in [0.5, 0.6) is 0 Å². The average Bonchev–Trinajstić information content (AvgIpc) is 3.05. The van der Waals surface area contributed by atoms with Crippen molar-refractivity contribution in [2.45, 2.75) is 45.3 Å². The zero-order chi connectivity index (χ0) is 33.8. The second-order valence-electron chi connectivity index (χ2n) is 11.9. The number of allylic oxidation sites excluding steroid dienone is 2. The number of methoxy groups -OCH3 is 1. The highest BCUT2D eigenvalue weighted by Gasteiger charge is 2.39. The van der Waals surface area contributed by atoms with E-state index in [9.17, 15) is 24.5 Å². The van der Waals surface area contributed by atoms with E-state index in [-0.39, 0.29) is 22.7 Å². The minimum Gasteiger partial charge on any atom is -0.466 e. The predicted octanol–water partition coefficient (Wildman–Crippen LogP) is 5.33. The highest BCUT2D eigenvalue weighted by atomic mass is 16.6. The summed E-state index contributed by atoms with van der Waals surface area (Å²) in [6.45, 7) is 4.35. The predicted molar refractivity (Wildman–Crippen MR) is 176 cm³/mol. The molecule has 2 aliphatic heterocycles. The first kappa shape index (κ1) is 33.1. The van der Waals surface area contributed by atoms with Gasteiger partial charge in [0.15, 0.2) is 0 Å². The number of hydrogen-bond acceptors (Lipinski definition) is 9. The smallest absolute Gasteiger partial charge is 0.337 e. The monoisotopic (exact) mass is 638 g/mol. The number of non-ortho nitro benzene ring substituents is 1. The third kappa shape index (κ3) is 7.10. The topological polar surface area (TPSA) is 131 Å². The van der Waals surface area contributed by atoms with E-state index in [1.807, 2.05) is 55.6 Å². The van der Waals surface area contributed by atoms with Crippen LogP contribution in [0.2, 0.25) is 0 Å². The zero-order valence-electron chi connectivity index (χ0n) is 27.1. The molecule has 5 rings (SSSR count). The number of likely N-dealkylation sites (N-methyl/N-ethyl adjacent to an activating group) is 1. The van der Waals surface area contributed by atoms with Gasteiger partial charge in [0.25, 0.3) is 5.69 Å². The number of nitro groups is 1. The van der Waals surface area contributed by atoms with Gasteiger partial charge in [-0.2, -0.15) is 0 Å². The Morgan fingerprint density at radius 2 is 1.70 bits per heavy atom. The summed E-state index contributed by atoms with van der Waals surface area (Å²) in [4.78, 5) is 54.7. The van der Waals surface area contributed by atoms with Crippen LogP contribution in [0, 0.1) is 10.1 Å². The Morgan fingerprint density at radius 1 is 1.00 bits per heavy atom. The fourth-order valence-corrected chi connectivity index (χ4v) is 6.32. The van der Waals surface area contributed by atoms with Crippen LogP contribution in [0.25, 0.3) is 0 Å². The lowest BCUT2D eigenvalue weighted by Crippen LogP contribution is -2.34. The van der Waals surface area contributed by atoms with Crippen LogP contribution in [-0.4, -0.2) is 55.4 Å². The molecule has 0 radical (unpaired) electrons. The fraction of sp³-hybridized carbons (Fsp3) is 0.306. The molecule has 47 heavy (non-hydrogen) atoms. The standard InChI is InChI=1S/C36H38N4O7/c1-22-32(35(42)46-5)34(27-12-9-13-28(19-27)40(44)45)33(23(2)37-22)36(43)47-30(21-38(3)20-24-10-7-6-8-11-24)26-14-16-29-25(18-26)15-17-31(41)39(29)4/h6-14,16,18-19,30,34,37H,15,17,20-21H2,1-5H3. The van der Waals surface area contributed by atoms with Crippen LogP contribution in [0.3, 0.4) is 0 Å².